The lowest BCUT2D eigenvalue weighted by Gasteiger charge is -2.12. The monoisotopic (exact) mass is 372 g/mol. The predicted molar refractivity (Wildman–Crippen MR) is 98.8 cm³/mol. The van der Waals surface area contributed by atoms with Crippen LogP contribution in [0.25, 0.3) is 11.4 Å². The van der Waals surface area contributed by atoms with E-state index in [1.165, 1.54) is 11.8 Å². The van der Waals surface area contributed by atoms with Crippen LogP contribution in [0.5, 0.6) is 0 Å². The number of nitrogens with zero attached hydrogens (tertiary/aromatic N) is 5. The number of carbonyl (C=O) groups excluding carboxylic acids is 1. The van der Waals surface area contributed by atoms with E-state index in [-0.39, 0.29) is 17.1 Å². The Morgan fingerprint density at radius 1 is 1.35 bits per heavy atom. The Hall–Kier alpha value is -2.68. The zero-order valence-electron chi connectivity index (χ0n) is 15.1. The number of amides is 1. The van der Waals surface area contributed by atoms with Crippen LogP contribution in [0.1, 0.15) is 26.5 Å². The topological polar surface area (TPSA) is 98.7 Å². The van der Waals surface area contributed by atoms with Crippen LogP contribution in [0.3, 0.4) is 0 Å². The van der Waals surface area contributed by atoms with Gasteiger partial charge in [0.05, 0.1) is 11.4 Å². The van der Waals surface area contributed by atoms with E-state index in [1.807, 2.05) is 44.5 Å². The predicted octanol–water partition coefficient (Wildman–Crippen LogP) is 2.89. The van der Waals surface area contributed by atoms with Gasteiger partial charge in [-0.25, -0.2) is 0 Å². The molecule has 0 saturated heterocycles. The molecule has 26 heavy (non-hydrogen) atoms. The molecule has 0 atom stereocenters. The summed E-state index contributed by atoms with van der Waals surface area (Å²) in [7, 11) is 1.86. The Morgan fingerprint density at radius 3 is 2.81 bits per heavy atom. The summed E-state index contributed by atoms with van der Waals surface area (Å²) < 4.78 is 7.00. The van der Waals surface area contributed by atoms with Crippen LogP contribution in [-0.4, -0.2) is 36.6 Å². The standard InChI is InChI=1S/C17H20N6O2S/c1-17(2,3)12-8-14(25-22-12)19-13(24)10-26-16-21-20-15(23(16)4)11-6-5-7-18-9-11/h5-9H,10H2,1-4H3,(H,19,24). The molecule has 0 unspecified atom stereocenters. The van der Waals surface area contributed by atoms with Crippen LogP contribution < -0.4 is 5.32 Å². The number of rotatable bonds is 5. The highest BCUT2D eigenvalue weighted by atomic mass is 32.2. The summed E-state index contributed by atoms with van der Waals surface area (Å²) in [6, 6.07) is 5.49. The van der Waals surface area contributed by atoms with Crippen LogP contribution in [0.4, 0.5) is 5.88 Å². The Kier molecular flexibility index (Phi) is 5.08. The number of anilines is 1. The first kappa shape index (κ1) is 18.1. The van der Waals surface area contributed by atoms with Crippen LogP contribution in [-0.2, 0) is 17.3 Å². The molecular weight excluding hydrogens is 352 g/mol. The lowest BCUT2D eigenvalue weighted by atomic mass is 9.92. The summed E-state index contributed by atoms with van der Waals surface area (Å²) >= 11 is 1.30. The summed E-state index contributed by atoms with van der Waals surface area (Å²) in [6.45, 7) is 6.08. The van der Waals surface area contributed by atoms with Crippen molar-refractivity contribution in [2.24, 2.45) is 7.05 Å². The number of nitrogens with one attached hydrogen (secondary N) is 1. The van der Waals surface area contributed by atoms with Crippen molar-refractivity contribution >= 4 is 23.6 Å². The number of carbonyl (C=O) groups is 1. The zero-order chi connectivity index (χ0) is 18.7. The minimum atomic E-state index is -0.197. The molecule has 136 valence electrons. The van der Waals surface area contributed by atoms with Crippen molar-refractivity contribution in [2.45, 2.75) is 31.3 Å². The molecule has 0 bridgehead atoms. The molecule has 0 spiro atoms. The van der Waals surface area contributed by atoms with Gasteiger partial charge in [0.2, 0.25) is 11.8 Å². The van der Waals surface area contributed by atoms with E-state index >= 15 is 0 Å². The van der Waals surface area contributed by atoms with Gasteiger partial charge in [0.15, 0.2) is 11.0 Å². The van der Waals surface area contributed by atoms with Gasteiger partial charge in [0.1, 0.15) is 0 Å². The maximum absolute atomic E-state index is 12.1. The summed E-state index contributed by atoms with van der Waals surface area (Å²) in [5.41, 5.74) is 1.52. The molecule has 8 nitrogen and oxygen atoms in total. The van der Waals surface area contributed by atoms with Crippen molar-refractivity contribution in [3.63, 3.8) is 0 Å². The van der Waals surface area contributed by atoms with Crippen LogP contribution >= 0.6 is 11.8 Å². The molecule has 0 radical (unpaired) electrons. The third-order valence-corrected chi connectivity index (χ3v) is 4.65. The van der Waals surface area contributed by atoms with E-state index in [2.05, 4.69) is 25.7 Å². The number of aromatic nitrogens is 5. The van der Waals surface area contributed by atoms with E-state index in [0.717, 1.165) is 11.3 Å². The van der Waals surface area contributed by atoms with Crippen LogP contribution in [0, 0.1) is 0 Å². The second kappa shape index (κ2) is 7.28. The summed E-state index contributed by atoms with van der Waals surface area (Å²) in [5.74, 6) is 1.03. The van der Waals surface area contributed by atoms with E-state index < -0.39 is 0 Å². The van der Waals surface area contributed by atoms with Gasteiger partial charge in [-0.1, -0.05) is 37.7 Å². The lowest BCUT2D eigenvalue weighted by Crippen LogP contribution is -2.14. The first-order valence-electron chi connectivity index (χ1n) is 8.04. The van der Waals surface area contributed by atoms with Crippen molar-refractivity contribution in [1.82, 2.24) is 24.9 Å². The minimum Gasteiger partial charge on any atom is -0.338 e. The second-order valence-corrected chi connectivity index (χ2v) is 7.71. The van der Waals surface area contributed by atoms with Gasteiger partial charge in [-0.3, -0.25) is 15.1 Å². The average molecular weight is 372 g/mol. The van der Waals surface area contributed by atoms with Crippen molar-refractivity contribution in [2.75, 3.05) is 11.1 Å². The molecule has 0 aliphatic rings. The third-order valence-electron chi connectivity index (χ3n) is 3.63. The highest BCUT2D eigenvalue weighted by Gasteiger charge is 2.20. The normalized spacial score (nSPS) is 11.5. The molecule has 0 aromatic carbocycles. The highest BCUT2D eigenvalue weighted by Crippen LogP contribution is 2.24. The van der Waals surface area contributed by atoms with Gasteiger partial charge in [0, 0.05) is 36.5 Å². The third kappa shape index (κ3) is 4.10. The van der Waals surface area contributed by atoms with E-state index in [4.69, 9.17) is 4.52 Å². The Morgan fingerprint density at radius 2 is 2.15 bits per heavy atom. The molecule has 3 aromatic heterocycles. The van der Waals surface area contributed by atoms with Gasteiger partial charge in [-0.05, 0) is 12.1 Å². The molecule has 0 aliphatic carbocycles. The fourth-order valence-corrected chi connectivity index (χ4v) is 2.89. The van der Waals surface area contributed by atoms with Crippen molar-refractivity contribution in [1.29, 1.82) is 0 Å². The molecule has 9 heteroatoms. The Labute approximate surface area is 155 Å². The van der Waals surface area contributed by atoms with Gasteiger partial charge < -0.3 is 9.09 Å². The molecule has 3 aromatic rings. The fourth-order valence-electron chi connectivity index (χ4n) is 2.18. The van der Waals surface area contributed by atoms with Crippen molar-refractivity contribution in [3.05, 3.63) is 36.3 Å². The average Bonchev–Trinajstić information content (AvgIpc) is 3.20. The van der Waals surface area contributed by atoms with E-state index in [0.29, 0.717) is 16.9 Å². The molecule has 3 rings (SSSR count). The molecule has 1 amide bonds. The highest BCUT2D eigenvalue weighted by molar-refractivity contribution is 7.99. The van der Waals surface area contributed by atoms with Gasteiger partial charge in [0.25, 0.3) is 0 Å². The maximum atomic E-state index is 12.1. The van der Waals surface area contributed by atoms with E-state index in [1.54, 1.807) is 18.5 Å². The number of hydrogen-bond donors (Lipinski definition) is 1. The zero-order valence-corrected chi connectivity index (χ0v) is 15.9. The van der Waals surface area contributed by atoms with E-state index in [9.17, 15) is 4.79 Å². The molecule has 3 heterocycles. The smallest absolute Gasteiger partial charge is 0.237 e. The van der Waals surface area contributed by atoms with Crippen LogP contribution in [0.2, 0.25) is 0 Å². The molecule has 0 aliphatic heterocycles. The summed E-state index contributed by atoms with van der Waals surface area (Å²) in [4.78, 5) is 16.2. The lowest BCUT2D eigenvalue weighted by molar-refractivity contribution is -0.113. The molecule has 0 saturated carbocycles. The first-order chi connectivity index (χ1) is 12.3. The maximum Gasteiger partial charge on any atom is 0.237 e. The summed E-state index contributed by atoms with van der Waals surface area (Å²) in [6.07, 6.45) is 3.43. The number of pyridine rings is 1. The largest absolute Gasteiger partial charge is 0.338 e. The van der Waals surface area contributed by atoms with Crippen molar-refractivity contribution in [3.8, 4) is 11.4 Å². The Bertz CT molecular complexity index is 898. The van der Waals surface area contributed by atoms with Gasteiger partial charge in [-0.15, -0.1) is 10.2 Å². The Balaban J connectivity index is 1.60. The quantitative estimate of drug-likeness (QED) is 0.688. The molecule has 1 N–H and O–H groups in total. The molecular formula is C17H20N6O2S. The minimum absolute atomic E-state index is 0.136. The van der Waals surface area contributed by atoms with Gasteiger partial charge >= 0.3 is 0 Å². The first-order valence-corrected chi connectivity index (χ1v) is 9.03. The SMILES string of the molecule is Cn1c(SCC(=O)Nc2cc(C(C)(C)C)no2)nnc1-c1cccnc1. The van der Waals surface area contributed by atoms with Crippen molar-refractivity contribution < 1.29 is 9.32 Å². The number of hydrogen-bond acceptors (Lipinski definition) is 7. The molecule has 0 fully saturated rings. The second-order valence-electron chi connectivity index (χ2n) is 6.77. The van der Waals surface area contributed by atoms with Gasteiger partial charge in [-0.2, -0.15) is 0 Å². The van der Waals surface area contributed by atoms with Crippen LogP contribution in [0.15, 0.2) is 40.3 Å². The number of thioether (sulfide) groups is 1. The fraction of sp³-hybridized carbons (Fsp3) is 0.353. The summed E-state index contributed by atoms with van der Waals surface area (Å²) in [5, 5.41) is 15.6.